The van der Waals surface area contributed by atoms with Crippen LogP contribution in [0.4, 0.5) is 4.39 Å². The van der Waals surface area contributed by atoms with Crippen molar-refractivity contribution >= 4 is 5.91 Å². The molecule has 0 bridgehead atoms. The molecule has 0 atom stereocenters. The van der Waals surface area contributed by atoms with Gasteiger partial charge in [0.05, 0.1) is 6.54 Å². The quantitative estimate of drug-likeness (QED) is 0.669. The molecule has 0 saturated carbocycles. The molecule has 0 aromatic rings. The first-order chi connectivity index (χ1) is 5.62. The maximum atomic E-state index is 13.6. The van der Waals surface area contributed by atoms with E-state index in [2.05, 4.69) is 5.32 Å². The van der Waals surface area contributed by atoms with Gasteiger partial charge in [0.15, 0.2) is 0 Å². The van der Waals surface area contributed by atoms with E-state index in [1.54, 1.807) is 0 Å². The summed E-state index contributed by atoms with van der Waals surface area (Å²) >= 11 is 0. The highest BCUT2D eigenvalue weighted by Gasteiger charge is 2.32. The van der Waals surface area contributed by atoms with Crippen LogP contribution < -0.4 is 5.32 Å². The summed E-state index contributed by atoms with van der Waals surface area (Å²) in [5.41, 5.74) is -1.25. The molecule has 1 aliphatic rings. The third kappa shape index (κ3) is 2.77. The lowest BCUT2D eigenvalue weighted by atomic mass is 9.96. The first kappa shape index (κ1) is 9.45. The Hall–Kier alpha value is -0.640. The summed E-state index contributed by atoms with van der Waals surface area (Å²) in [7, 11) is 0. The van der Waals surface area contributed by atoms with Crippen LogP contribution in [0, 0.1) is 0 Å². The molecule has 0 radical (unpaired) electrons. The fourth-order valence-electron chi connectivity index (χ4n) is 1.20. The highest BCUT2D eigenvalue weighted by Crippen LogP contribution is 2.23. The molecule has 0 spiro atoms. The van der Waals surface area contributed by atoms with Crippen molar-refractivity contribution in [1.82, 2.24) is 5.32 Å². The number of ether oxygens (including phenoxy) is 1. The van der Waals surface area contributed by atoms with E-state index < -0.39 is 5.67 Å². The minimum Gasteiger partial charge on any atom is -0.381 e. The van der Waals surface area contributed by atoms with Crippen molar-refractivity contribution in [2.24, 2.45) is 0 Å². The standard InChI is InChI=1S/C8H14FNO2/c1-7(11)10-6-8(9)2-4-12-5-3-8/h2-6H2,1H3,(H,10,11). The Bertz CT molecular complexity index is 166. The van der Waals surface area contributed by atoms with E-state index in [0.717, 1.165) is 0 Å². The number of alkyl halides is 1. The Balaban J connectivity index is 2.31. The number of carbonyl (C=O) groups is 1. The second-order valence-electron chi connectivity index (χ2n) is 3.17. The van der Waals surface area contributed by atoms with Crippen molar-refractivity contribution in [2.45, 2.75) is 25.4 Å². The minimum atomic E-state index is -1.25. The first-order valence-electron chi connectivity index (χ1n) is 4.13. The number of nitrogens with one attached hydrogen (secondary N) is 1. The number of amides is 1. The van der Waals surface area contributed by atoms with Crippen LogP contribution in [-0.4, -0.2) is 31.3 Å². The smallest absolute Gasteiger partial charge is 0.216 e. The van der Waals surface area contributed by atoms with E-state index in [1.807, 2.05) is 0 Å². The highest BCUT2D eigenvalue weighted by atomic mass is 19.1. The lowest BCUT2D eigenvalue weighted by molar-refractivity contribution is -0.120. The van der Waals surface area contributed by atoms with Crippen LogP contribution in [-0.2, 0) is 9.53 Å². The van der Waals surface area contributed by atoms with Gasteiger partial charge in [0.1, 0.15) is 5.67 Å². The van der Waals surface area contributed by atoms with Crippen LogP contribution in [0.5, 0.6) is 0 Å². The van der Waals surface area contributed by atoms with E-state index in [4.69, 9.17) is 4.74 Å². The minimum absolute atomic E-state index is 0.117. The van der Waals surface area contributed by atoms with Crippen LogP contribution in [0.25, 0.3) is 0 Å². The Morgan fingerprint density at radius 1 is 1.58 bits per heavy atom. The van der Waals surface area contributed by atoms with Gasteiger partial charge in [-0.25, -0.2) is 4.39 Å². The first-order valence-corrected chi connectivity index (χ1v) is 4.13. The Labute approximate surface area is 71.3 Å². The summed E-state index contributed by atoms with van der Waals surface area (Å²) in [5.74, 6) is -0.182. The molecule has 1 fully saturated rings. The topological polar surface area (TPSA) is 38.3 Å². The molecular formula is C8H14FNO2. The Morgan fingerprint density at radius 3 is 2.67 bits per heavy atom. The summed E-state index contributed by atoms with van der Waals surface area (Å²) in [5, 5.41) is 2.49. The molecule has 1 saturated heterocycles. The van der Waals surface area contributed by atoms with E-state index in [9.17, 15) is 9.18 Å². The lowest BCUT2D eigenvalue weighted by Gasteiger charge is -2.29. The third-order valence-electron chi connectivity index (χ3n) is 2.04. The van der Waals surface area contributed by atoms with Gasteiger partial charge in [0, 0.05) is 33.0 Å². The second kappa shape index (κ2) is 3.85. The number of hydrogen-bond acceptors (Lipinski definition) is 2. The molecule has 1 N–H and O–H groups in total. The van der Waals surface area contributed by atoms with Crippen molar-refractivity contribution in [3.8, 4) is 0 Å². The summed E-state index contributed by atoms with van der Waals surface area (Å²) in [6.45, 7) is 2.42. The molecule has 1 rings (SSSR count). The molecule has 1 amide bonds. The van der Waals surface area contributed by atoms with Gasteiger partial charge in [-0.15, -0.1) is 0 Å². The van der Waals surface area contributed by atoms with Crippen LogP contribution in [0.1, 0.15) is 19.8 Å². The number of hydrogen-bond donors (Lipinski definition) is 1. The largest absolute Gasteiger partial charge is 0.381 e. The summed E-state index contributed by atoms with van der Waals surface area (Å²) in [6, 6.07) is 0. The maximum absolute atomic E-state index is 13.6. The fourth-order valence-corrected chi connectivity index (χ4v) is 1.20. The van der Waals surface area contributed by atoms with E-state index in [-0.39, 0.29) is 12.5 Å². The fraction of sp³-hybridized carbons (Fsp3) is 0.875. The average molecular weight is 175 g/mol. The van der Waals surface area contributed by atoms with Gasteiger partial charge in [-0.2, -0.15) is 0 Å². The van der Waals surface area contributed by atoms with Crippen molar-refractivity contribution in [3.63, 3.8) is 0 Å². The summed E-state index contributed by atoms with van der Waals surface area (Å²) in [4.78, 5) is 10.5. The SMILES string of the molecule is CC(=O)NCC1(F)CCOCC1. The molecule has 0 aromatic heterocycles. The van der Waals surface area contributed by atoms with Crippen molar-refractivity contribution in [3.05, 3.63) is 0 Å². The molecule has 1 heterocycles. The molecule has 0 aromatic carbocycles. The van der Waals surface area contributed by atoms with Crippen LogP contribution >= 0.6 is 0 Å². The molecule has 70 valence electrons. The summed E-state index contributed by atoms with van der Waals surface area (Å²) < 4.78 is 18.7. The summed E-state index contributed by atoms with van der Waals surface area (Å²) in [6.07, 6.45) is 0.764. The third-order valence-corrected chi connectivity index (χ3v) is 2.04. The zero-order valence-corrected chi connectivity index (χ0v) is 7.23. The lowest BCUT2D eigenvalue weighted by Crippen LogP contribution is -2.42. The molecular weight excluding hydrogens is 161 g/mol. The number of halogens is 1. The normalized spacial score (nSPS) is 21.8. The monoisotopic (exact) mass is 175 g/mol. The van der Waals surface area contributed by atoms with E-state index in [0.29, 0.717) is 26.1 Å². The Morgan fingerprint density at radius 2 is 2.17 bits per heavy atom. The van der Waals surface area contributed by atoms with Gasteiger partial charge < -0.3 is 10.1 Å². The van der Waals surface area contributed by atoms with Crippen molar-refractivity contribution < 1.29 is 13.9 Å². The van der Waals surface area contributed by atoms with Gasteiger partial charge in [-0.1, -0.05) is 0 Å². The molecule has 3 nitrogen and oxygen atoms in total. The van der Waals surface area contributed by atoms with Crippen LogP contribution in [0.2, 0.25) is 0 Å². The zero-order valence-electron chi connectivity index (χ0n) is 7.23. The van der Waals surface area contributed by atoms with Gasteiger partial charge in [-0.05, 0) is 0 Å². The zero-order chi connectivity index (χ0) is 9.03. The second-order valence-corrected chi connectivity index (χ2v) is 3.17. The van der Waals surface area contributed by atoms with E-state index >= 15 is 0 Å². The highest BCUT2D eigenvalue weighted by molar-refractivity contribution is 5.72. The van der Waals surface area contributed by atoms with Gasteiger partial charge >= 0.3 is 0 Å². The van der Waals surface area contributed by atoms with Gasteiger partial charge in [0.25, 0.3) is 0 Å². The van der Waals surface area contributed by atoms with Crippen molar-refractivity contribution in [2.75, 3.05) is 19.8 Å². The average Bonchev–Trinajstić information content (AvgIpc) is 2.03. The van der Waals surface area contributed by atoms with Gasteiger partial charge in [-0.3, -0.25) is 4.79 Å². The molecule has 0 aliphatic carbocycles. The molecule has 4 heteroatoms. The van der Waals surface area contributed by atoms with E-state index in [1.165, 1.54) is 6.92 Å². The Kier molecular flexibility index (Phi) is 3.03. The predicted octanol–water partition coefficient (Wildman–Crippen LogP) is 0.641. The van der Waals surface area contributed by atoms with Crippen molar-refractivity contribution in [1.29, 1.82) is 0 Å². The molecule has 0 unspecified atom stereocenters. The molecule has 1 aliphatic heterocycles. The van der Waals surface area contributed by atoms with Crippen LogP contribution in [0.3, 0.4) is 0 Å². The number of rotatable bonds is 2. The predicted molar refractivity (Wildman–Crippen MR) is 42.6 cm³/mol. The molecule has 12 heavy (non-hydrogen) atoms. The maximum Gasteiger partial charge on any atom is 0.216 e. The van der Waals surface area contributed by atoms with Gasteiger partial charge in [0.2, 0.25) is 5.91 Å². The van der Waals surface area contributed by atoms with Crippen LogP contribution in [0.15, 0.2) is 0 Å². The number of carbonyl (C=O) groups excluding carboxylic acids is 1.